The Morgan fingerprint density at radius 1 is 1.43 bits per heavy atom. The minimum absolute atomic E-state index is 0.186. The SMILES string of the molecule is CC=O.CCNC(=O)NCCN(C=N)c1ccc(N2CC(CNC)OC2=O)cc1F. The number of cyclic esters (lactones) is 1. The van der Waals surface area contributed by atoms with E-state index in [-0.39, 0.29) is 30.9 Å². The van der Waals surface area contributed by atoms with Crippen molar-refractivity contribution < 1.29 is 23.5 Å². The number of halogens is 1. The largest absolute Gasteiger partial charge is 0.443 e. The van der Waals surface area contributed by atoms with E-state index in [1.54, 1.807) is 20.0 Å². The number of ether oxygens (including phenoxy) is 1. The van der Waals surface area contributed by atoms with Gasteiger partial charge in [0.1, 0.15) is 18.2 Å². The summed E-state index contributed by atoms with van der Waals surface area (Å²) >= 11 is 0. The third-order valence-corrected chi connectivity index (χ3v) is 3.99. The molecule has 0 spiro atoms. The number of nitrogens with one attached hydrogen (secondary N) is 4. The lowest BCUT2D eigenvalue weighted by molar-refractivity contribution is -0.106. The minimum atomic E-state index is -0.570. The zero-order chi connectivity index (χ0) is 22.5. The number of likely N-dealkylation sites (N-methyl/N-ethyl adjacent to an activating group) is 1. The molecule has 0 radical (unpaired) electrons. The number of hydrogen-bond acceptors (Lipinski definition) is 6. The van der Waals surface area contributed by atoms with E-state index in [1.807, 2.05) is 0 Å². The minimum Gasteiger partial charge on any atom is -0.443 e. The maximum absolute atomic E-state index is 14.6. The van der Waals surface area contributed by atoms with E-state index < -0.39 is 11.9 Å². The lowest BCUT2D eigenvalue weighted by Gasteiger charge is -2.21. The Kier molecular flexibility index (Phi) is 10.8. The molecule has 1 aliphatic heterocycles. The van der Waals surface area contributed by atoms with Crippen LogP contribution in [0, 0.1) is 11.2 Å². The molecule has 0 bridgehead atoms. The second-order valence-electron chi connectivity index (χ2n) is 6.15. The van der Waals surface area contributed by atoms with Gasteiger partial charge in [-0.05, 0) is 39.1 Å². The number of carbonyl (C=O) groups excluding carboxylic acids is 3. The summed E-state index contributed by atoms with van der Waals surface area (Å²) < 4.78 is 19.8. The zero-order valence-electron chi connectivity index (χ0n) is 17.4. The van der Waals surface area contributed by atoms with Gasteiger partial charge in [-0.15, -0.1) is 0 Å². The summed E-state index contributed by atoms with van der Waals surface area (Å²) in [6.45, 7) is 5.08. The van der Waals surface area contributed by atoms with Crippen LogP contribution >= 0.6 is 0 Å². The summed E-state index contributed by atoms with van der Waals surface area (Å²) in [6, 6.07) is 4.03. The highest BCUT2D eigenvalue weighted by Gasteiger charge is 2.32. The van der Waals surface area contributed by atoms with Crippen LogP contribution in [0.4, 0.5) is 25.4 Å². The van der Waals surface area contributed by atoms with E-state index >= 15 is 0 Å². The molecule has 1 aromatic rings. The summed E-state index contributed by atoms with van der Waals surface area (Å²) in [5.41, 5.74) is 0.580. The third-order valence-electron chi connectivity index (χ3n) is 3.99. The van der Waals surface area contributed by atoms with Crippen molar-refractivity contribution in [1.82, 2.24) is 16.0 Å². The van der Waals surface area contributed by atoms with E-state index in [0.29, 0.717) is 25.3 Å². The summed E-state index contributed by atoms with van der Waals surface area (Å²) in [5.74, 6) is -0.570. The molecule has 1 aromatic carbocycles. The van der Waals surface area contributed by atoms with Crippen LogP contribution in [-0.2, 0) is 9.53 Å². The lowest BCUT2D eigenvalue weighted by Crippen LogP contribution is -2.40. The maximum atomic E-state index is 14.6. The summed E-state index contributed by atoms with van der Waals surface area (Å²) in [7, 11) is 1.76. The summed E-state index contributed by atoms with van der Waals surface area (Å²) in [6.07, 6.45) is 0.936. The molecule has 0 aliphatic carbocycles. The fourth-order valence-electron chi connectivity index (χ4n) is 2.73. The van der Waals surface area contributed by atoms with Crippen molar-refractivity contribution in [2.24, 2.45) is 0 Å². The first kappa shape index (κ1) is 24.8. The van der Waals surface area contributed by atoms with Crippen LogP contribution in [0.5, 0.6) is 0 Å². The Hall–Kier alpha value is -3.21. The van der Waals surface area contributed by atoms with Gasteiger partial charge in [0.2, 0.25) is 0 Å². The van der Waals surface area contributed by atoms with Crippen LogP contribution in [0.1, 0.15) is 13.8 Å². The number of nitrogens with zero attached hydrogens (tertiary/aromatic N) is 2. The van der Waals surface area contributed by atoms with Gasteiger partial charge in [-0.1, -0.05) is 0 Å². The summed E-state index contributed by atoms with van der Waals surface area (Å²) in [5, 5.41) is 15.7. The highest BCUT2D eigenvalue weighted by Crippen LogP contribution is 2.27. The second kappa shape index (κ2) is 13.1. The number of urea groups is 1. The Bertz CT molecular complexity index is 733. The van der Waals surface area contributed by atoms with Crippen molar-refractivity contribution >= 4 is 36.1 Å². The van der Waals surface area contributed by atoms with Gasteiger partial charge in [0.05, 0.1) is 24.3 Å². The second-order valence-corrected chi connectivity index (χ2v) is 6.15. The van der Waals surface area contributed by atoms with Crippen molar-refractivity contribution in [1.29, 1.82) is 5.41 Å². The van der Waals surface area contributed by atoms with Gasteiger partial charge in [0, 0.05) is 26.2 Å². The normalized spacial score (nSPS) is 14.9. The number of carbonyl (C=O) groups is 3. The highest BCUT2D eigenvalue weighted by atomic mass is 19.1. The molecule has 1 saturated heterocycles. The van der Waals surface area contributed by atoms with Crippen molar-refractivity contribution in [3.63, 3.8) is 0 Å². The molecule has 11 heteroatoms. The van der Waals surface area contributed by atoms with Crippen molar-refractivity contribution in [3.05, 3.63) is 24.0 Å². The molecule has 3 amide bonds. The quantitative estimate of drug-likeness (QED) is 0.269. The molecular weight excluding hydrogens is 395 g/mol. The highest BCUT2D eigenvalue weighted by molar-refractivity contribution is 5.90. The van der Waals surface area contributed by atoms with E-state index in [9.17, 15) is 14.0 Å². The number of hydrogen-bond donors (Lipinski definition) is 4. The molecule has 2 rings (SSSR count). The van der Waals surface area contributed by atoms with Gasteiger partial charge < -0.3 is 30.4 Å². The van der Waals surface area contributed by atoms with Crippen molar-refractivity contribution in [3.8, 4) is 0 Å². The number of rotatable bonds is 9. The average molecular weight is 424 g/mol. The molecule has 0 saturated carbocycles. The number of anilines is 2. The Morgan fingerprint density at radius 3 is 2.70 bits per heavy atom. The van der Waals surface area contributed by atoms with Crippen LogP contribution in [0.25, 0.3) is 0 Å². The van der Waals surface area contributed by atoms with Crippen molar-refractivity contribution in [2.45, 2.75) is 20.0 Å². The number of aldehydes is 1. The van der Waals surface area contributed by atoms with Gasteiger partial charge >= 0.3 is 12.1 Å². The monoisotopic (exact) mass is 424 g/mol. The molecule has 1 atom stereocenters. The van der Waals surface area contributed by atoms with Gasteiger partial charge in [0.25, 0.3) is 0 Å². The van der Waals surface area contributed by atoms with E-state index in [1.165, 1.54) is 28.9 Å². The fraction of sp³-hybridized carbons (Fsp3) is 0.474. The molecule has 166 valence electrons. The molecule has 0 aromatic heterocycles. The van der Waals surface area contributed by atoms with Gasteiger partial charge in [-0.25, -0.2) is 14.0 Å². The van der Waals surface area contributed by atoms with Crippen molar-refractivity contribution in [2.75, 3.05) is 49.6 Å². The molecule has 1 unspecified atom stereocenters. The van der Waals surface area contributed by atoms with Crippen LogP contribution in [0.15, 0.2) is 18.2 Å². The topological polar surface area (TPSA) is 127 Å². The van der Waals surface area contributed by atoms with Crippen LogP contribution < -0.4 is 25.8 Å². The molecule has 30 heavy (non-hydrogen) atoms. The van der Waals surface area contributed by atoms with Crippen LogP contribution in [0.3, 0.4) is 0 Å². The molecule has 1 heterocycles. The standard InChI is InChI=1S/C17H25FN6O3.C2H4O/c1-3-21-16(25)22-6-7-23(11-19)15-5-4-12(8-14(15)18)24-10-13(9-20-2)27-17(24)26;1-2-3/h4-5,8,11,13,19-20H,3,6-7,9-10H2,1-2H3,(H2,21,22,25);2H,1H3. The molecule has 4 N–H and O–H groups in total. The van der Waals surface area contributed by atoms with Crippen LogP contribution in [0.2, 0.25) is 0 Å². The Balaban J connectivity index is 0.00000141. The molecule has 1 aliphatic rings. The zero-order valence-corrected chi connectivity index (χ0v) is 17.4. The molecule has 10 nitrogen and oxygen atoms in total. The number of amides is 3. The predicted molar refractivity (Wildman–Crippen MR) is 113 cm³/mol. The van der Waals surface area contributed by atoms with Crippen LogP contribution in [-0.4, -0.2) is 70.6 Å². The summed E-state index contributed by atoms with van der Waals surface area (Å²) in [4.78, 5) is 34.9. The first-order valence-corrected chi connectivity index (χ1v) is 9.52. The van der Waals surface area contributed by atoms with E-state index in [0.717, 1.165) is 12.6 Å². The molecule has 1 fully saturated rings. The lowest BCUT2D eigenvalue weighted by atomic mass is 10.2. The van der Waals surface area contributed by atoms with E-state index in [4.69, 9.17) is 14.9 Å². The smallest absolute Gasteiger partial charge is 0.414 e. The Morgan fingerprint density at radius 2 is 2.13 bits per heavy atom. The fourth-order valence-corrected chi connectivity index (χ4v) is 2.73. The first-order valence-electron chi connectivity index (χ1n) is 9.52. The average Bonchev–Trinajstić information content (AvgIpc) is 3.07. The Labute approximate surface area is 175 Å². The molecular formula is C19H29FN6O4. The third kappa shape index (κ3) is 7.32. The number of benzene rings is 1. The maximum Gasteiger partial charge on any atom is 0.414 e. The van der Waals surface area contributed by atoms with Gasteiger partial charge in [-0.3, -0.25) is 10.3 Å². The van der Waals surface area contributed by atoms with Gasteiger partial charge in [-0.2, -0.15) is 0 Å². The first-order chi connectivity index (χ1) is 14.4. The van der Waals surface area contributed by atoms with E-state index in [2.05, 4.69) is 16.0 Å². The van der Waals surface area contributed by atoms with Gasteiger partial charge in [0.15, 0.2) is 0 Å². The predicted octanol–water partition coefficient (Wildman–Crippen LogP) is 1.31.